The van der Waals surface area contributed by atoms with Crippen LogP contribution in [0.25, 0.3) is 0 Å². The van der Waals surface area contributed by atoms with E-state index in [-0.39, 0.29) is 24.9 Å². The van der Waals surface area contributed by atoms with Crippen LogP contribution in [0.1, 0.15) is 0 Å². The number of carbonyl (C=O) groups excluding carboxylic acids is 2. The van der Waals surface area contributed by atoms with Crippen molar-refractivity contribution in [3.63, 3.8) is 0 Å². The second-order valence-corrected chi connectivity index (χ2v) is 4.94. The van der Waals surface area contributed by atoms with Gasteiger partial charge in [0.2, 0.25) is 11.8 Å². The van der Waals surface area contributed by atoms with Gasteiger partial charge in [-0.2, -0.15) is 0 Å². The molecule has 2 amide bonds. The van der Waals surface area contributed by atoms with Gasteiger partial charge in [-0.05, 0) is 28.1 Å². The number of anilines is 1. The normalized spacial score (nSPS) is 16.2. The number of benzene rings is 1. The highest BCUT2D eigenvalue weighted by molar-refractivity contribution is 9.10. The number of amides is 2. The van der Waals surface area contributed by atoms with E-state index >= 15 is 0 Å². The lowest BCUT2D eigenvalue weighted by Crippen LogP contribution is -2.49. The molecule has 5 nitrogen and oxygen atoms in total. The summed E-state index contributed by atoms with van der Waals surface area (Å²) in [6.07, 6.45) is 0. The number of piperazine rings is 1. The molecule has 0 saturated carbocycles. The van der Waals surface area contributed by atoms with E-state index in [1.807, 2.05) is 29.2 Å². The Morgan fingerprint density at radius 3 is 2.94 bits per heavy atom. The SMILES string of the molecule is O=C1CN(CC(=O)Nc2ccccc2Br)CCN1. The molecule has 1 aliphatic rings. The van der Waals surface area contributed by atoms with Gasteiger partial charge in [0.1, 0.15) is 0 Å². The monoisotopic (exact) mass is 311 g/mol. The van der Waals surface area contributed by atoms with Crippen molar-refractivity contribution in [3.05, 3.63) is 28.7 Å². The standard InChI is InChI=1S/C12H14BrN3O2/c13-9-3-1-2-4-10(9)15-12(18)8-16-6-5-14-11(17)7-16/h1-4H,5-8H2,(H,14,17)(H,15,18). The number of para-hydroxylation sites is 1. The first-order chi connectivity index (χ1) is 8.65. The van der Waals surface area contributed by atoms with Crippen LogP contribution in [0.3, 0.4) is 0 Å². The maximum atomic E-state index is 11.8. The number of nitrogens with zero attached hydrogens (tertiary/aromatic N) is 1. The van der Waals surface area contributed by atoms with Crippen LogP contribution in [0.4, 0.5) is 5.69 Å². The smallest absolute Gasteiger partial charge is 0.238 e. The van der Waals surface area contributed by atoms with Gasteiger partial charge in [0.05, 0.1) is 18.8 Å². The summed E-state index contributed by atoms with van der Waals surface area (Å²) in [7, 11) is 0. The molecule has 0 spiro atoms. The average molecular weight is 312 g/mol. The summed E-state index contributed by atoms with van der Waals surface area (Å²) in [4.78, 5) is 24.8. The topological polar surface area (TPSA) is 61.4 Å². The largest absolute Gasteiger partial charge is 0.354 e. The third-order valence-electron chi connectivity index (χ3n) is 2.63. The Morgan fingerprint density at radius 2 is 2.22 bits per heavy atom. The highest BCUT2D eigenvalue weighted by Gasteiger charge is 2.18. The van der Waals surface area contributed by atoms with Gasteiger partial charge in [0.25, 0.3) is 0 Å². The van der Waals surface area contributed by atoms with E-state index in [2.05, 4.69) is 26.6 Å². The van der Waals surface area contributed by atoms with Crippen molar-refractivity contribution in [2.75, 3.05) is 31.5 Å². The molecule has 0 aliphatic carbocycles. The molecule has 0 radical (unpaired) electrons. The highest BCUT2D eigenvalue weighted by Crippen LogP contribution is 2.20. The Bertz CT molecular complexity index is 464. The van der Waals surface area contributed by atoms with Gasteiger partial charge in [0.15, 0.2) is 0 Å². The first-order valence-electron chi connectivity index (χ1n) is 5.68. The predicted molar refractivity (Wildman–Crippen MR) is 72.2 cm³/mol. The van der Waals surface area contributed by atoms with Crippen LogP contribution >= 0.6 is 15.9 Å². The quantitative estimate of drug-likeness (QED) is 0.869. The van der Waals surface area contributed by atoms with Crippen LogP contribution in [0.15, 0.2) is 28.7 Å². The van der Waals surface area contributed by atoms with Crippen LogP contribution in [0, 0.1) is 0 Å². The summed E-state index contributed by atoms with van der Waals surface area (Å²) in [6, 6.07) is 7.43. The van der Waals surface area contributed by atoms with Gasteiger partial charge in [-0.15, -0.1) is 0 Å². The molecule has 1 aromatic carbocycles. The summed E-state index contributed by atoms with van der Waals surface area (Å²) in [5.74, 6) is -0.147. The average Bonchev–Trinajstić information content (AvgIpc) is 2.32. The Kier molecular flexibility index (Phi) is 4.33. The third-order valence-corrected chi connectivity index (χ3v) is 3.32. The van der Waals surface area contributed by atoms with E-state index in [1.165, 1.54) is 0 Å². The Balaban J connectivity index is 1.89. The number of rotatable bonds is 3. The minimum atomic E-state index is -0.114. The maximum absolute atomic E-state index is 11.8. The van der Waals surface area contributed by atoms with Gasteiger partial charge in [0, 0.05) is 17.6 Å². The number of carbonyl (C=O) groups is 2. The van der Waals surface area contributed by atoms with Crippen LogP contribution in [0.5, 0.6) is 0 Å². The predicted octanol–water partition coefficient (Wildman–Crippen LogP) is 0.819. The van der Waals surface area contributed by atoms with Crippen molar-refractivity contribution in [1.82, 2.24) is 10.2 Å². The first-order valence-corrected chi connectivity index (χ1v) is 6.48. The van der Waals surface area contributed by atoms with Gasteiger partial charge < -0.3 is 10.6 Å². The second kappa shape index (κ2) is 5.97. The fourth-order valence-corrected chi connectivity index (χ4v) is 2.17. The van der Waals surface area contributed by atoms with Crippen LogP contribution < -0.4 is 10.6 Å². The Hall–Kier alpha value is -1.40. The number of nitrogens with one attached hydrogen (secondary N) is 2. The molecule has 0 aromatic heterocycles. The molecule has 1 aromatic rings. The molecule has 0 bridgehead atoms. The zero-order chi connectivity index (χ0) is 13.0. The number of hydrogen-bond donors (Lipinski definition) is 2. The van der Waals surface area contributed by atoms with Crippen LogP contribution in [0.2, 0.25) is 0 Å². The van der Waals surface area contributed by atoms with Crippen molar-refractivity contribution in [2.45, 2.75) is 0 Å². The van der Waals surface area contributed by atoms with Gasteiger partial charge in [-0.1, -0.05) is 12.1 Å². The van der Waals surface area contributed by atoms with Crippen molar-refractivity contribution in [3.8, 4) is 0 Å². The fraction of sp³-hybridized carbons (Fsp3) is 0.333. The Morgan fingerprint density at radius 1 is 1.44 bits per heavy atom. The molecular weight excluding hydrogens is 298 g/mol. The first kappa shape index (κ1) is 13.0. The van der Waals surface area contributed by atoms with Crippen LogP contribution in [-0.4, -0.2) is 42.9 Å². The Labute approximate surface area is 114 Å². The van der Waals surface area contributed by atoms with E-state index in [1.54, 1.807) is 0 Å². The molecule has 18 heavy (non-hydrogen) atoms. The fourth-order valence-electron chi connectivity index (χ4n) is 1.78. The van der Waals surface area contributed by atoms with Crippen LogP contribution in [-0.2, 0) is 9.59 Å². The zero-order valence-electron chi connectivity index (χ0n) is 9.78. The molecule has 96 valence electrons. The molecule has 6 heteroatoms. The van der Waals surface area contributed by atoms with E-state index < -0.39 is 0 Å². The molecule has 0 atom stereocenters. The third kappa shape index (κ3) is 3.54. The van der Waals surface area contributed by atoms with Crippen molar-refractivity contribution < 1.29 is 9.59 Å². The zero-order valence-corrected chi connectivity index (χ0v) is 11.4. The summed E-state index contributed by atoms with van der Waals surface area (Å²) in [6.45, 7) is 1.81. The van der Waals surface area contributed by atoms with E-state index in [0.717, 1.165) is 10.2 Å². The lowest BCUT2D eigenvalue weighted by molar-refractivity contribution is -0.125. The molecule has 0 unspecified atom stereocenters. The highest BCUT2D eigenvalue weighted by atomic mass is 79.9. The van der Waals surface area contributed by atoms with Crippen molar-refractivity contribution >= 4 is 33.4 Å². The summed E-state index contributed by atoms with van der Waals surface area (Å²) in [5, 5.41) is 5.54. The molecule has 1 aliphatic heterocycles. The van der Waals surface area contributed by atoms with E-state index in [0.29, 0.717) is 13.1 Å². The van der Waals surface area contributed by atoms with Gasteiger partial charge in [-0.3, -0.25) is 14.5 Å². The molecular formula is C12H14BrN3O2. The molecule has 1 saturated heterocycles. The lowest BCUT2D eigenvalue weighted by atomic mass is 10.3. The minimum absolute atomic E-state index is 0.0325. The van der Waals surface area contributed by atoms with Crippen molar-refractivity contribution in [2.24, 2.45) is 0 Å². The molecule has 1 heterocycles. The maximum Gasteiger partial charge on any atom is 0.238 e. The summed E-state index contributed by atoms with van der Waals surface area (Å²) in [5.41, 5.74) is 0.740. The minimum Gasteiger partial charge on any atom is -0.354 e. The summed E-state index contributed by atoms with van der Waals surface area (Å²) < 4.78 is 0.842. The second-order valence-electron chi connectivity index (χ2n) is 4.09. The van der Waals surface area contributed by atoms with E-state index in [4.69, 9.17) is 0 Å². The van der Waals surface area contributed by atoms with Gasteiger partial charge >= 0.3 is 0 Å². The number of halogens is 1. The molecule has 1 fully saturated rings. The summed E-state index contributed by atoms with van der Waals surface area (Å²) >= 11 is 3.37. The molecule has 2 rings (SSSR count). The molecule has 2 N–H and O–H groups in total. The van der Waals surface area contributed by atoms with Crippen molar-refractivity contribution in [1.29, 1.82) is 0 Å². The number of hydrogen-bond acceptors (Lipinski definition) is 3. The lowest BCUT2D eigenvalue weighted by Gasteiger charge is -2.25. The van der Waals surface area contributed by atoms with Gasteiger partial charge in [-0.25, -0.2) is 0 Å². The van der Waals surface area contributed by atoms with E-state index in [9.17, 15) is 9.59 Å².